The third kappa shape index (κ3) is 3.72. The highest BCUT2D eigenvalue weighted by atomic mass is 32.1. The molecule has 0 aromatic carbocycles. The molecule has 0 rings (SSSR count). The Hall–Kier alpha value is -0.570. The first-order valence-electron chi connectivity index (χ1n) is 3.88. The van der Waals surface area contributed by atoms with Crippen molar-refractivity contribution in [3.63, 3.8) is 0 Å². The number of likely N-dealkylation sites (N-methyl/N-ethyl adjacent to an activating group) is 1. The predicted octanol–water partition coefficient (Wildman–Crippen LogP) is 1.48. The van der Waals surface area contributed by atoms with Crippen molar-refractivity contribution in [2.75, 3.05) is 19.8 Å². The third-order valence-electron chi connectivity index (χ3n) is 1.58. The summed E-state index contributed by atoms with van der Waals surface area (Å²) in [5.41, 5.74) is 1.96. The van der Waals surface area contributed by atoms with Crippen LogP contribution in [0.3, 0.4) is 0 Å². The molecule has 2 nitrogen and oxygen atoms in total. The van der Waals surface area contributed by atoms with Crippen LogP contribution in [0.5, 0.6) is 0 Å². The molecule has 3 heteroatoms. The number of nitrogens with zero attached hydrogens (tertiary/aromatic N) is 1. The fourth-order valence-electron chi connectivity index (χ4n) is 0.843. The Bertz CT molecular complexity index is 175. The average Bonchev–Trinajstić information content (AvgIpc) is 1.98. The highest BCUT2D eigenvalue weighted by Crippen LogP contribution is 2.05. The molecule has 0 radical (unpaired) electrons. The molecule has 0 aliphatic rings. The molecule has 0 aromatic rings. The molecular weight excluding hydrogens is 168 g/mol. The van der Waals surface area contributed by atoms with E-state index in [0.717, 1.165) is 17.1 Å². The first-order valence-corrected chi connectivity index (χ1v) is 4.51. The summed E-state index contributed by atoms with van der Waals surface area (Å²) in [6.07, 6.45) is 0. The number of rotatable bonds is 5. The number of nitrogens with one attached hydrogen (secondary N) is 1. The van der Waals surface area contributed by atoms with Crippen LogP contribution in [-0.2, 0) is 0 Å². The van der Waals surface area contributed by atoms with E-state index in [1.807, 2.05) is 25.9 Å². The van der Waals surface area contributed by atoms with Crippen LogP contribution >= 0.6 is 12.6 Å². The van der Waals surface area contributed by atoms with E-state index in [-0.39, 0.29) is 6.04 Å². The van der Waals surface area contributed by atoms with Gasteiger partial charge in [0.1, 0.15) is 0 Å². The molecule has 0 aromatic heterocycles. The summed E-state index contributed by atoms with van der Waals surface area (Å²) in [5, 5.41) is 3.20. The van der Waals surface area contributed by atoms with Crippen molar-refractivity contribution in [3.05, 3.63) is 24.6 Å². The van der Waals surface area contributed by atoms with Gasteiger partial charge in [0, 0.05) is 31.2 Å². The standard InChI is InChI=1S/C9H18N2S/c1-7(2)10-9(6-12)8(3)11(4)5/h9-10,12H,1,3,6H2,2,4-5H3. The van der Waals surface area contributed by atoms with Crippen molar-refractivity contribution in [3.8, 4) is 0 Å². The number of thiol groups is 1. The SMILES string of the molecule is C=C(C)NC(CS)C(=C)N(C)C. The molecular formula is C9H18N2S. The van der Waals surface area contributed by atoms with E-state index in [0.29, 0.717) is 0 Å². The molecule has 0 heterocycles. The Labute approximate surface area is 80.7 Å². The lowest BCUT2D eigenvalue weighted by atomic mass is 10.2. The van der Waals surface area contributed by atoms with Crippen LogP contribution in [0.25, 0.3) is 0 Å². The van der Waals surface area contributed by atoms with Crippen LogP contribution in [0.2, 0.25) is 0 Å². The van der Waals surface area contributed by atoms with Gasteiger partial charge >= 0.3 is 0 Å². The molecule has 0 amide bonds. The van der Waals surface area contributed by atoms with Gasteiger partial charge in [0.2, 0.25) is 0 Å². The molecule has 70 valence electrons. The highest BCUT2D eigenvalue weighted by Gasteiger charge is 2.10. The van der Waals surface area contributed by atoms with Gasteiger partial charge in [-0.2, -0.15) is 12.6 Å². The first-order chi connectivity index (χ1) is 5.49. The summed E-state index contributed by atoms with van der Waals surface area (Å²) >= 11 is 4.23. The van der Waals surface area contributed by atoms with Gasteiger partial charge in [0.15, 0.2) is 0 Å². The maximum absolute atomic E-state index is 4.23. The zero-order valence-electron chi connectivity index (χ0n) is 8.09. The van der Waals surface area contributed by atoms with Gasteiger partial charge in [-0.3, -0.25) is 0 Å². The van der Waals surface area contributed by atoms with Crippen molar-refractivity contribution in [1.82, 2.24) is 10.2 Å². The quantitative estimate of drug-likeness (QED) is 0.632. The van der Waals surface area contributed by atoms with Gasteiger partial charge < -0.3 is 10.2 Å². The Morgan fingerprint density at radius 3 is 2.25 bits per heavy atom. The number of allylic oxidation sites excluding steroid dienone is 1. The van der Waals surface area contributed by atoms with Crippen molar-refractivity contribution < 1.29 is 0 Å². The van der Waals surface area contributed by atoms with Crippen LogP contribution in [0.1, 0.15) is 6.92 Å². The van der Waals surface area contributed by atoms with Crippen molar-refractivity contribution in [1.29, 1.82) is 0 Å². The molecule has 0 aliphatic heterocycles. The van der Waals surface area contributed by atoms with Gasteiger partial charge in [-0.1, -0.05) is 13.2 Å². The molecule has 1 unspecified atom stereocenters. The lowest BCUT2D eigenvalue weighted by Crippen LogP contribution is -2.35. The lowest BCUT2D eigenvalue weighted by molar-refractivity contribution is 0.455. The zero-order chi connectivity index (χ0) is 9.72. The second-order valence-corrected chi connectivity index (χ2v) is 3.41. The van der Waals surface area contributed by atoms with Crippen LogP contribution in [0.15, 0.2) is 24.6 Å². The van der Waals surface area contributed by atoms with Crippen LogP contribution in [-0.4, -0.2) is 30.8 Å². The van der Waals surface area contributed by atoms with Gasteiger partial charge in [-0.05, 0) is 6.92 Å². The molecule has 1 N–H and O–H groups in total. The van der Waals surface area contributed by atoms with Gasteiger partial charge in [0.05, 0.1) is 6.04 Å². The largest absolute Gasteiger partial charge is 0.380 e. The predicted molar refractivity (Wildman–Crippen MR) is 58.4 cm³/mol. The summed E-state index contributed by atoms with van der Waals surface area (Å²) in [6, 6.07) is 0.181. The Balaban J connectivity index is 4.15. The molecule has 12 heavy (non-hydrogen) atoms. The maximum atomic E-state index is 4.23. The number of hydrogen-bond donors (Lipinski definition) is 2. The van der Waals surface area contributed by atoms with E-state index in [9.17, 15) is 0 Å². The molecule has 0 spiro atoms. The minimum atomic E-state index is 0.181. The van der Waals surface area contributed by atoms with Gasteiger partial charge in [0.25, 0.3) is 0 Å². The molecule has 0 aliphatic carbocycles. The summed E-state index contributed by atoms with van der Waals surface area (Å²) in [5.74, 6) is 0.726. The fraction of sp³-hybridized carbons (Fsp3) is 0.556. The topological polar surface area (TPSA) is 15.3 Å². The Morgan fingerprint density at radius 1 is 1.50 bits per heavy atom. The first kappa shape index (κ1) is 11.4. The average molecular weight is 186 g/mol. The third-order valence-corrected chi connectivity index (χ3v) is 1.95. The summed E-state index contributed by atoms with van der Waals surface area (Å²) < 4.78 is 0. The fourth-order valence-corrected chi connectivity index (χ4v) is 1.15. The minimum Gasteiger partial charge on any atom is -0.380 e. The summed E-state index contributed by atoms with van der Waals surface area (Å²) in [4.78, 5) is 1.98. The molecule has 0 saturated carbocycles. The second-order valence-electron chi connectivity index (χ2n) is 3.05. The van der Waals surface area contributed by atoms with E-state index in [4.69, 9.17) is 0 Å². The molecule has 0 fully saturated rings. The molecule has 0 saturated heterocycles. The van der Waals surface area contributed by atoms with Gasteiger partial charge in [-0.15, -0.1) is 0 Å². The van der Waals surface area contributed by atoms with E-state index in [2.05, 4.69) is 31.1 Å². The summed E-state index contributed by atoms with van der Waals surface area (Å²) in [6.45, 7) is 9.66. The van der Waals surface area contributed by atoms with E-state index < -0.39 is 0 Å². The van der Waals surface area contributed by atoms with Crippen molar-refractivity contribution >= 4 is 12.6 Å². The number of hydrogen-bond acceptors (Lipinski definition) is 3. The summed E-state index contributed by atoms with van der Waals surface area (Å²) in [7, 11) is 3.94. The van der Waals surface area contributed by atoms with Crippen molar-refractivity contribution in [2.45, 2.75) is 13.0 Å². The Kier molecular flexibility index (Phi) is 4.90. The molecule has 1 atom stereocenters. The molecule has 0 bridgehead atoms. The zero-order valence-corrected chi connectivity index (χ0v) is 8.99. The minimum absolute atomic E-state index is 0.181. The normalized spacial score (nSPS) is 12.0. The highest BCUT2D eigenvalue weighted by molar-refractivity contribution is 7.80. The lowest BCUT2D eigenvalue weighted by Gasteiger charge is -2.25. The van der Waals surface area contributed by atoms with Crippen molar-refractivity contribution in [2.24, 2.45) is 0 Å². The smallest absolute Gasteiger partial charge is 0.0740 e. The van der Waals surface area contributed by atoms with Gasteiger partial charge in [-0.25, -0.2) is 0 Å². The van der Waals surface area contributed by atoms with E-state index in [1.165, 1.54) is 0 Å². The van der Waals surface area contributed by atoms with Crippen LogP contribution in [0.4, 0.5) is 0 Å². The van der Waals surface area contributed by atoms with E-state index >= 15 is 0 Å². The van der Waals surface area contributed by atoms with E-state index in [1.54, 1.807) is 0 Å². The monoisotopic (exact) mass is 186 g/mol. The Morgan fingerprint density at radius 2 is 2.00 bits per heavy atom. The van der Waals surface area contributed by atoms with Crippen LogP contribution in [0, 0.1) is 0 Å². The van der Waals surface area contributed by atoms with Crippen LogP contribution < -0.4 is 5.32 Å². The second kappa shape index (κ2) is 5.14. The maximum Gasteiger partial charge on any atom is 0.0740 e.